The van der Waals surface area contributed by atoms with Crippen LogP contribution in [0.1, 0.15) is 28.4 Å². The van der Waals surface area contributed by atoms with Gasteiger partial charge in [-0.2, -0.15) is 0 Å². The quantitative estimate of drug-likeness (QED) is 0.816. The van der Waals surface area contributed by atoms with Gasteiger partial charge in [-0.3, -0.25) is 0 Å². The molecular formula is C13H18O4. The van der Waals surface area contributed by atoms with E-state index < -0.39 is 12.1 Å². The van der Waals surface area contributed by atoms with Gasteiger partial charge in [0.05, 0.1) is 14.2 Å². The second-order valence-corrected chi connectivity index (χ2v) is 3.99. The number of methoxy groups -OCH3 is 2. The summed E-state index contributed by atoms with van der Waals surface area (Å²) in [6.07, 6.45) is -1.25. The first-order valence-corrected chi connectivity index (χ1v) is 5.34. The van der Waals surface area contributed by atoms with Crippen molar-refractivity contribution in [3.63, 3.8) is 0 Å². The van der Waals surface area contributed by atoms with Gasteiger partial charge in [-0.1, -0.05) is 0 Å². The molecule has 0 heterocycles. The Morgan fingerprint density at radius 3 is 2.29 bits per heavy atom. The number of carbonyl (C=O) groups excluding carboxylic acids is 1. The third-order valence-corrected chi connectivity index (χ3v) is 3.03. The normalized spacial score (nSPS) is 12.1. The Morgan fingerprint density at radius 1 is 1.24 bits per heavy atom. The highest BCUT2D eigenvalue weighted by Crippen LogP contribution is 2.31. The van der Waals surface area contributed by atoms with Crippen LogP contribution in [0, 0.1) is 20.8 Å². The number of esters is 1. The fraction of sp³-hybridized carbons (Fsp3) is 0.462. The second kappa shape index (κ2) is 5.19. The lowest BCUT2D eigenvalue weighted by Gasteiger charge is -2.18. The van der Waals surface area contributed by atoms with E-state index in [1.165, 1.54) is 7.11 Å². The Balaban J connectivity index is 3.35. The Bertz CT molecular complexity index is 438. The third-order valence-electron chi connectivity index (χ3n) is 3.03. The van der Waals surface area contributed by atoms with Gasteiger partial charge in [-0.05, 0) is 49.1 Å². The zero-order valence-electron chi connectivity index (χ0n) is 10.8. The Hall–Kier alpha value is -1.55. The molecule has 4 nitrogen and oxygen atoms in total. The number of carbonyl (C=O) groups is 1. The average Bonchev–Trinajstić information content (AvgIpc) is 2.32. The minimum Gasteiger partial charge on any atom is -0.496 e. The number of aliphatic hydroxyl groups excluding tert-OH is 1. The van der Waals surface area contributed by atoms with Crippen molar-refractivity contribution in [2.45, 2.75) is 26.9 Å². The summed E-state index contributed by atoms with van der Waals surface area (Å²) in [7, 11) is 2.85. The molecule has 0 saturated heterocycles. The molecule has 0 aliphatic heterocycles. The first-order valence-electron chi connectivity index (χ1n) is 5.34. The third kappa shape index (κ3) is 2.42. The van der Waals surface area contributed by atoms with Gasteiger partial charge in [-0.25, -0.2) is 4.79 Å². The second-order valence-electron chi connectivity index (χ2n) is 3.99. The predicted octanol–water partition coefficient (Wildman–Crippen LogP) is 1.83. The predicted molar refractivity (Wildman–Crippen MR) is 64.2 cm³/mol. The van der Waals surface area contributed by atoms with Crippen LogP contribution in [-0.2, 0) is 9.53 Å². The van der Waals surface area contributed by atoms with Gasteiger partial charge in [0.1, 0.15) is 5.75 Å². The zero-order chi connectivity index (χ0) is 13.2. The van der Waals surface area contributed by atoms with Gasteiger partial charge in [-0.15, -0.1) is 0 Å². The Kier molecular flexibility index (Phi) is 4.12. The first-order chi connectivity index (χ1) is 7.93. The van der Waals surface area contributed by atoms with Gasteiger partial charge in [0, 0.05) is 0 Å². The van der Waals surface area contributed by atoms with E-state index in [4.69, 9.17) is 4.74 Å². The molecule has 0 saturated carbocycles. The summed E-state index contributed by atoms with van der Waals surface area (Å²) in [5.41, 5.74) is 3.16. The number of aryl methyl sites for hydroxylation is 1. The van der Waals surface area contributed by atoms with E-state index in [9.17, 15) is 9.90 Å². The minimum atomic E-state index is -1.25. The molecule has 0 fully saturated rings. The van der Waals surface area contributed by atoms with Gasteiger partial charge < -0.3 is 14.6 Å². The number of hydrogen-bond acceptors (Lipinski definition) is 4. The van der Waals surface area contributed by atoms with Crippen LogP contribution in [-0.4, -0.2) is 25.3 Å². The van der Waals surface area contributed by atoms with E-state index >= 15 is 0 Å². The molecule has 1 rings (SSSR count). The molecule has 17 heavy (non-hydrogen) atoms. The van der Waals surface area contributed by atoms with E-state index in [0.29, 0.717) is 5.56 Å². The molecule has 1 aromatic carbocycles. The average molecular weight is 238 g/mol. The summed E-state index contributed by atoms with van der Waals surface area (Å²) >= 11 is 0. The SMILES string of the molecule is COC(=O)C(O)c1c(C)cc(OC)c(C)c1C. The molecule has 94 valence electrons. The lowest BCUT2D eigenvalue weighted by molar-refractivity contribution is -0.150. The topological polar surface area (TPSA) is 55.8 Å². The van der Waals surface area contributed by atoms with Crippen molar-refractivity contribution in [2.75, 3.05) is 14.2 Å². The van der Waals surface area contributed by atoms with Crippen LogP contribution in [0.3, 0.4) is 0 Å². The van der Waals surface area contributed by atoms with Crippen LogP contribution < -0.4 is 4.74 Å². The first kappa shape index (κ1) is 13.5. The van der Waals surface area contributed by atoms with Gasteiger partial charge in [0.2, 0.25) is 0 Å². The van der Waals surface area contributed by atoms with Crippen LogP contribution in [0.5, 0.6) is 5.75 Å². The van der Waals surface area contributed by atoms with Crippen molar-refractivity contribution in [1.29, 1.82) is 0 Å². The summed E-state index contributed by atoms with van der Waals surface area (Å²) in [4.78, 5) is 11.4. The summed E-state index contributed by atoms with van der Waals surface area (Å²) in [6.45, 7) is 5.57. The molecule has 0 aromatic heterocycles. The molecule has 4 heteroatoms. The van der Waals surface area contributed by atoms with Crippen LogP contribution in [0.25, 0.3) is 0 Å². The fourth-order valence-electron chi connectivity index (χ4n) is 1.93. The standard InChI is InChI=1S/C13H18O4/c1-7-6-10(16-4)8(2)9(3)11(7)12(14)13(15)17-5/h6,12,14H,1-5H3. The smallest absolute Gasteiger partial charge is 0.339 e. The molecular weight excluding hydrogens is 220 g/mol. The Morgan fingerprint density at radius 2 is 1.82 bits per heavy atom. The lowest BCUT2D eigenvalue weighted by Crippen LogP contribution is -2.16. The number of ether oxygens (including phenoxy) is 2. The molecule has 1 unspecified atom stereocenters. The van der Waals surface area contributed by atoms with Crippen molar-refractivity contribution < 1.29 is 19.4 Å². The maximum Gasteiger partial charge on any atom is 0.339 e. The number of aliphatic hydroxyl groups is 1. The maximum absolute atomic E-state index is 11.4. The summed E-state index contributed by atoms with van der Waals surface area (Å²) in [5, 5.41) is 9.92. The van der Waals surface area contributed by atoms with Gasteiger partial charge >= 0.3 is 5.97 Å². The molecule has 0 amide bonds. The van der Waals surface area contributed by atoms with Crippen LogP contribution in [0.15, 0.2) is 6.07 Å². The summed E-state index contributed by atoms with van der Waals surface area (Å²) in [5.74, 6) is 0.0987. The maximum atomic E-state index is 11.4. The molecule has 1 aromatic rings. The van der Waals surface area contributed by atoms with Crippen molar-refractivity contribution >= 4 is 5.97 Å². The summed E-state index contributed by atoms with van der Waals surface area (Å²) < 4.78 is 9.78. The highest BCUT2D eigenvalue weighted by molar-refractivity contribution is 5.77. The highest BCUT2D eigenvalue weighted by atomic mass is 16.5. The molecule has 0 bridgehead atoms. The molecule has 0 radical (unpaired) electrons. The van der Waals surface area contributed by atoms with Crippen LogP contribution in [0.4, 0.5) is 0 Å². The fourth-order valence-corrected chi connectivity index (χ4v) is 1.93. The molecule has 0 aliphatic rings. The Labute approximate surface area is 101 Å². The number of rotatable bonds is 3. The number of benzene rings is 1. The van der Waals surface area contributed by atoms with E-state index in [2.05, 4.69) is 4.74 Å². The minimum absolute atomic E-state index is 0.593. The largest absolute Gasteiger partial charge is 0.496 e. The van der Waals surface area contributed by atoms with Crippen LogP contribution in [0.2, 0.25) is 0 Å². The molecule has 0 spiro atoms. The monoisotopic (exact) mass is 238 g/mol. The lowest BCUT2D eigenvalue weighted by atomic mass is 9.93. The zero-order valence-corrected chi connectivity index (χ0v) is 10.8. The van der Waals surface area contributed by atoms with Gasteiger partial charge in [0.15, 0.2) is 6.10 Å². The van der Waals surface area contributed by atoms with E-state index in [1.54, 1.807) is 7.11 Å². The molecule has 1 N–H and O–H groups in total. The van der Waals surface area contributed by atoms with Crippen molar-refractivity contribution in [3.8, 4) is 5.75 Å². The summed E-state index contributed by atoms with van der Waals surface area (Å²) in [6, 6.07) is 1.81. The van der Waals surface area contributed by atoms with E-state index in [-0.39, 0.29) is 0 Å². The van der Waals surface area contributed by atoms with E-state index in [0.717, 1.165) is 22.4 Å². The van der Waals surface area contributed by atoms with E-state index in [1.807, 2.05) is 26.8 Å². The molecule has 1 atom stereocenters. The van der Waals surface area contributed by atoms with Crippen LogP contribution >= 0.6 is 0 Å². The molecule has 0 aliphatic carbocycles. The number of hydrogen-bond donors (Lipinski definition) is 1. The highest BCUT2D eigenvalue weighted by Gasteiger charge is 2.23. The van der Waals surface area contributed by atoms with Crippen molar-refractivity contribution in [2.24, 2.45) is 0 Å². The van der Waals surface area contributed by atoms with Gasteiger partial charge in [0.25, 0.3) is 0 Å². The van der Waals surface area contributed by atoms with Crippen molar-refractivity contribution in [1.82, 2.24) is 0 Å². The van der Waals surface area contributed by atoms with Crippen molar-refractivity contribution in [3.05, 3.63) is 28.3 Å².